The van der Waals surface area contributed by atoms with Gasteiger partial charge in [-0.1, -0.05) is 13.8 Å². The molecule has 0 saturated carbocycles. The van der Waals surface area contributed by atoms with Gasteiger partial charge in [-0.15, -0.1) is 0 Å². The smallest absolute Gasteiger partial charge is 0.342 e. The third-order valence-electron chi connectivity index (χ3n) is 3.63. The number of nitrogens with zero attached hydrogens (tertiary/aromatic N) is 4. The SMILES string of the molecule is CC(C)c1cc2n[nH]c(=O)n2c(N2CCCCC2)n1. The van der Waals surface area contributed by atoms with Crippen LogP contribution in [0.4, 0.5) is 5.95 Å². The number of H-pyrrole nitrogens is 1. The van der Waals surface area contributed by atoms with E-state index in [2.05, 4.69) is 33.9 Å². The van der Waals surface area contributed by atoms with Crippen molar-refractivity contribution in [3.63, 3.8) is 0 Å². The van der Waals surface area contributed by atoms with Crippen molar-refractivity contribution in [3.05, 3.63) is 22.2 Å². The number of anilines is 1. The van der Waals surface area contributed by atoms with Crippen molar-refractivity contribution in [3.8, 4) is 0 Å². The second kappa shape index (κ2) is 4.68. The zero-order valence-corrected chi connectivity index (χ0v) is 11.4. The van der Waals surface area contributed by atoms with Gasteiger partial charge >= 0.3 is 5.69 Å². The van der Waals surface area contributed by atoms with Gasteiger partial charge in [0, 0.05) is 19.2 Å². The van der Waals surface area contributed by atoms with Crippen molar-refractivity contribution in [1.29, 1.82) is 0 Å². The molecule has 2 aromatic rings. The maximum atomic E-state index is 11.9. The van der Waals surface area contributed by atoms with Gasteiger partial charge in [0.1, 0.15) is 0 Å². The van der Waals surface area contributed by atoms with E-state index in [1.807, 2.05) is 6.07 Å². The minimum atomic E-state index is -0.210. The first-order chi connectivity index (χ1) is 9.16. The molecule has 0 bridgehead atoms. The Morgan fingerprint density at radius 3 is 2.68 bits per heavy atom. The third kappa shape index (κ3) is 2.11. The van der Waals surface area contributed by atoms with Gasteiger partial charge < -0.3 is 4.90 Å². The van der Waals surface area contributed by atoms with Crippen LogP contribution in [0.2, 0.25) is 0 Å². The van der Waals surface area contributed by atoms with Crippen LogP contribution < -0.4 is 10.6 Å². The number of piperidine rings is 1. The van der Waals surface area contributed by atoms with E-state index in [1.54, 1.807) is 4.40 Å². The van der Waals surface area contributed by atoms with Gasteiger partial charge in [-0.05, 0) is 25.2 Å². The summed E-state index contributed by atoms with van der Waals surface area (Å²) in [6.45, 7) is 6.12. The summed E-state index contributed by atoms with van der Waals surface area (Å²) in [6.07, 6.45) is 3.56. The molecule has 1 saturated heterocycles. The van der Waals surface area contributed by atoms with E-state index in [0.717, 1.165) is 37.6 Å². The second-order valence-corrected chi connectivity index (χ2v) is 5.41. The summed E-state index contributed by atoms with van der Waals surface area (Å²) in [4.78, 5) is 18.8. The van der Waals surface area contributed by atoms with Crippen LogP contribution in [0.15, 0.2) is 10.9 Å². The molecule has 6 nitrogen and oxygen atoms in total. The van der Waals surface area contributed by atoms with Gasteiger partial charge in [-0.2, -0.15) is 5.10 Å². The summed E-state index contributed by atoms with van der Waals surface area (Å²) in [5.41, 5.74) is 1.43. The van der Waals surface area contributed by atoms with Crippen molar-refractivity contribution in [2.45, 2.75) is 39.0 Å². The summed E-state index contributed by atoms with van der Waals surface area (Å²) in [6, 6.07) is 1.88. The molecule has 0 aromatic carbocycles. The lowest BCUT2D eigenvalue weighted by Crippen LogP contribution is -2.33. The first-order valence-corrected chi connectivity index (χ1v) is 6.90. The normalized spacial score (nSPS) is 16.5. The summed E-state index contributed by atoms with van der Waals surface area (Å²) in [5, 5.41) is 6.59. The van der Waals surface area contributed by atoms with Crippen LogP contribution in [-0.2, 0) is 0 Å². The van der Waals surface area contributed by atoms with Crippen LogP contribution in [0.5, 0.6) is 0 Å². The van der Waals surface area contributed by atoms with E-state index in [1.165, 1.54) is 6.42 Å². The Labute approximate surface area is 111 Å². The topological polar surface area (TPSA) is 66.3 Å². The number of nitrogens with one attached hydrogen (secondary N) is 1. The molecule has 1 aliphatic heterocycles. The lowest BCUT2D eigenvalue weighted by Gasteiger charge is -2.28. The number of rotatable bonds is 2. The molecular weight excluding hydrogens is 242 g/mol. The summed E-state index contributed by atoms with van der Waals surface area (Å²) < 4.78 is 1.58. The predicted octanol–water partition coefficient (Wildman–Crippen LogP) is 1.53. The first kappa shape index (κ1) is 12.2. The molecule has 3 heterocycles. The maximum absolute atomic E-state index is 11.9. The fraction of sp³-hybridized carbons (Fsp3) is 0.615. The fourth-order valence-electron chi connectivity index (χ4n) is 2.53. The average Bonchev–Trinajstić information content (AvgIpc) is 2.80. The monoisotopic (exact) mass is 261 g/mol. The molecule has 102 valence electrons. The number of aromatic amines is 1. The van der Waals surface area contributed by atoms with E-state index in [9.17, 15) is 4.79 Å². The highest BCUT2D eigenvalue weighted by Crippen LogP contribution is 2.21. The number of hydrogen-bond donors (Lipinski definition) is 1. The van der Waals surface area contributed by atoms with Crippen molar-refractivity contribution in [2.75, 3.05) is 18.0 Å². The summed E-state index contributed by atoms with van der Waals surface area (Å²) >= 11 is 0. The highest BCUT2D eigenvalue weighted by Gasteiger charge is 2.19. The average molecular weight is 261 g/mol. The molecule has 0 amide bonds. The zero-order chi connectivity index (χ0) is 13.4. The molecular formula is C13H19N5O. The number of hydrogen-bond acceptors (Lipinski definition) is 4. The quantitative estimate of drug-likeness (QED) is 0.890. The van der Waals surface area contributed by atoms with Gasteiger partial charge in [0.2, 0.25) is 5.95 Å². The molecule has 2 aromatic heterocycles. The van der Waals surface area contributed by atoms with Gasteiger partial charge in [0.15, 0.2) is 5.65 Å². The van der Waals surface area contributed by atoms with Crippen LogP contribution >= 0.6 is 0 Å². The molecule has 3 rings (SSSR count). The predicted molar refractivity (Wildman–Crippen MR) is 73.8 cm³/mol. The lowest BCUT2D eigenvalue weighted by molar-refractivity contribution is 0.563. The molecule has 1 fully saturated rings. The standard InChI is InChI=1S/C13H19N5O/c1-9(2)10-8-11-15-16-13(19)18(11)12(14-10)17-6-4-3-5-7-17/h8-9H,3-7H2,1-2H3,(H,16,19). The Hall–Kier alpha value is -1.85. The lowest BCUT2D eigenvalue weighted by atomic mass is 10.1. The third-order valence-corrected chi connectivity index (χ3v) is 3.63. The summed E-state index contributed by atoms with van der Waals surface area (Å²) in [7, 11) is 0. The minimum absolute atomic E-state index is 0.210. The highest BCUT2D eigenvalue weighted by atomic mass is 16.1. The van der Waals surface area contributed by atoms with E-state index >= 15 is 0 Å². The largest absolute Gasteiger partial charge is 0.350 e. The Morgan fingerprint density at radius 1 is 1.26 bits per heavy atom. The Balaban J connectivity index is 2.18. The Bertz CT molecular complexity index is 636. The van der Waals surface area contributed by atoms with Gasteiger partial charge in [0.25, 0.3) is 0 Å². The first-order valence-electron chi connectivity index (χ1n) is 6.90. The van der Waals surface area contributed by atoms with E-state index in [-0.39, 0.29) is 5.69 Å². The molecule has 1 aliphatic rings. The van der Waals surface area contributed by atoms with Crippen LogP contribution in [0.3, 0.4) is 0 Å². The van der Waals surface area contributed by atoms with Gasteiger partial charge in [0.05, 0.1) is 5.69 Å². The molecule has 6 heteroatoms. The molecule has 0 spiro atoms. The van der Waals surface area contributed by atoms with Crippen LogP contribution in [-0.4, -0.2) is 32.7 Å². The maximum Gasteiger partial charge on any atom is 0.350 e. The van der Waals surface area contributed by atoms with Gasteiger partial charge in [-0.25, -0.2) is 19.3 Å². The van der Waals surface area contributed by atoms with Crippen molar-refractivity contribution < 1.29 is 0 Å². The molecule has 0 unspecified atom stereocenters. The van der Waals surface area contributed by atoms with E-state index < -0.39 is 0 Å². The van der Waals surface area contributed by atoms with Crippen molar-refractivity contribution in [2.24, 2.45) is 0 Å². The fourth-order valence-corrected chi connectivity index (χ4v) is 2.53. The van der Waals surface area contributed by atoms with E-state index in [0.29, 0.717) is 11.6 Å². The number of aromatic nitrogens is 4. The number of fused-ring (bicyclic) bond motifs is 1. The molecule has 1 N–H and O–H groups in total. The Kier molecular flexibility index (Phi) is 3.00. The van der Waals surface area contributed by atoms with E-state index in [4.69, 9.17) is 0 Å². The van der Waals surface area contributed by atoms with Crippen LogP contribution in [0, 0.1) is 0 Å². The molecule has 0 radical (unpaired) electrons. The minimum Gasteiger partial charge on any atom is -0.342 e. The van der Waals surface area contributed by atoms with Gasteiger partial charge in [-0.3, -0.25) is 0 Å². The van der Waals surface area contributed by atoms with Crippen LogP contribution in [0.1, 0.15) is 44.7 Å². The van der Waals surface area contributed by atoms with Crippen molar-refractivity contribution >= 4 is 11.6 Å². The molecule has 0 atom stereocenters. The van der Waals surface area contributed by atoms with Crippen molar-refractivity contribution in [1.82, 2.24) is 19.6 Å². The highest BCUT2D eigenvalue weighted by molar-refractivity contribution is 5.48. The summed E-state index contributed by atoms with van der Waals surface area (Å²) in [5.74, 6) is 1.06. The Morgan fingerprint density at radius 2 is 2.00 bits per heavy atom. The zero-order valence-electron chi connectivity index (χ0n) is 11.4. The molecule has 19 heavy (non-hydrogen) atoms. The molecule has 0 aliphatic carbocycles. The van der Waals surface area contributed by atoms with Crippen LogP contribution in [0.25, 0.3) is 5.65 Å². The second-order valence-electron chi connectivity index (χ2n) is 5.41.